The second-order valence-corrected chi connectivity index (χ2v) is 6.14. The van der Waals surface area contributed by atoms with Crippen molar-refractivity contribution in [3.05, 3.63) is 46.2 Å². The maximum Gasteiger partial charge on any atom is 0.272 e. The molecule has 7 heteroatoms. The van der Waals surface area contributed by atoms with Crippen molar-refractivity contribution in [1.29, 1.82) is 0 Å². The summed E-state index contributed by atoms with van der Waals surface area (Å²) in [5, 5.41) is 3.83. The standard InChI is InChI=1S/C17H19ClN4O2/c1-11-9-13(18)3-4-14(11)20-17-19-12(2)10-15(21-17)16(23)22-5-7-24-8-6-22/h3-4,9-10H,5-8H2,1-2H3,(H,19,20,21). The van der Waals surface area contributed by atoms with Gasteiger partial charge >= 0.3 is 0 Å². The highest BCUT2D eigenvalue weighted by atomic mass is 35.5. The molecule has 126 valence electrons. The van der Waals surface area contributed by atoms with Crippen LogP contribution in [0.1, 0.15) is 21.7 Å². The van der Waals surface area contributed by atoms with Gasteiger partial charge in [-0.25, -0.2) is 9.97 Å². The van der Waals surface area contributed by atoms with E-state index in [-0.39, 0.29) is 5.91 Å². The summed E-state index contributed by atoms with van der Waals surface area (Å²) in [6.45, 7) is 6.08. The Kier molecular flexibility index (Phi) is 4.97. The number of anilines is 2. The molecule has 0 spiro atoms. The molecule has 0 atom stereocenters. The topological polar surface area (TPSA) is 67.4 Å². The van der Waals surface area contributed by atoms with Crippen LogP contribution in [0.2, 0.25) is 5.02 Å². The van der Waals surface area contributed by atoms with Gasteiger partial charge in [-0.3, -0.25) is 4.79 Å². The van der Waals surface area contributed by atoms with Crippen LogP contribution >= 0.6 is 11.6 Å². The Morgan fingerprint density at radius 3 is 2.67 bits per heavy atom. The molecule has 0 bridgehead atoms. The number of carbonyl (C=O) groups excluding carboxylic acids is 1. The van der Waals surface area contributed by atoms with E-state index in [1.807, 2.05) is 26.0 Å². The van der Waals surface area contributed by atoms with Gasteiger partial charge in [-0.2, -0.15) is 0 Å². The van der Waals surface area contributed by atoms with Crippen molar-refractivity contribution in [2.24, 2.45) is 0 Å². The van der Waals surface area contributed by atoms with Crippen molar-refractivity contribution in [3.8, 4) is 0 Å². The summed E-state index contributed by atoms with van der Waals surface area (Å²) in [6.07, 6.45) is 0. The number of carbonyl (C=O) groups is 1. The third kappa shape index (κ3) is 3.83. The number of hydrogen-bond acceptors (Lipinski definition) is 5. The number of aryl methyl sites for hydroxylation is 2. The molecule has 6 nitrogen and oxygen atoms in total. The Bertz CT molecular complexity index is 760. The molecule has 1 fully saturated rings. The molecule has 3 rings (SSSR count). The first-order valence-electron chi connectivity index (χ1n) is 7.79. The molecular formula is C17H19ClN4O2. The van der Waals surface area contributed by atoms with E-state index in [0.717, 1.165) is 16.9 Å². The highest BCUT2D eigenvalue weighted by Crippen LogP contribution is 2.22. The van der Waals surface area contributed by atoms with Gasteiger partial charge in [0.2, 0.25) is 5.95 Å². The molecule has 2 aromatic rings. The fourth-order valence-corrected chi connectivity index (χ4v) is 2.78. The lowest BCUT2D eigenvalue weighted by Gasteiger charge is -2.26. The molecule has 1 aliphatic rings. The van der Waals surface area contributed by atoms with E-state index in [1.54, 1.807) is 17.0 Å². The smallest absolute Gasteiger partial charge is 0.272 e. The van der Waals surface area contributed by atoms with E-state index >= 15 is 0 Å². The maximum atomic E-state index is 12.6. The molecule has 24 heavy (non-hydrogen) atoms. The minimum Gasteiger partial charge on any atom is -0.378 e. The molecule has 0 radical (unpaired) electrons. The van der Waals surface area contributed by atoms with Gasteiger partial charge in [-0.15, -0.1) is 0 Å². The van der Waals surface area contributed by atoms with E-state index in [1.165, 1.54) is 0 Å². The number of aromatic nitrogens is 2. The maximum absolute atomic E-state index is 12.6. The third-order valence-electron chi connectivity index (χ3n) is 3.81. The second-order valence-electron chi connectivity index (χ2n) is 5.71. The van der Waals surface area contributed by atoms with Crippen molar-refractivity contribution in [1.82, 2.24) is 14.9 Å². The summed E-state index contributed by atoms with van der Waals surface area (Å²) in [7, 11) is 0. The average molecular weight is 347 g/mol. The highest BCUT2D eigenvalue weighted by Gasteiger charge is 2.20. The van der Waals surface area contributed by atoms with Crippen LogP contribution in [-0.2, 0) is 4.74 Å². The van der Waals surface area contributed by atoms with Gasteiger partial charge in [0.1, 0.15) is 5.69 Å². The van der Waals surface area contributed by atoms with Crippen LogP contribution in [0, 0.1) is 13.8 Å². The molecule has 0 saturated carbocycles. The average Bonchev–Trinajstić information content (AvgIpc) is 2.57. The first-order chi connectivity index (χ1) is 11.5. The number of amides is 1. The number of nitrogens with zero attached hydrogens (tertiary/aromatic N) is 3. The van der Waals surface area contributed by atoms with Gasteiger partial charge in [-0.05, 0) is 43.7 Å². The Morgan fingerprint density at radius 1 is 1.21 bits per heavy atom. The second kappa shape index (κ2) is 7.15. The molecule has 1 amide bonds. The largest absolute Gasteiger partial charge is 0.378 e. The number of hydrogen-bond donors (Lipinski definition) is 1. The van der Waals surface area contributed by atoms with Gasteiger partial charge < -0.3 is 15.0 Å². The zero-order chi connectivity index (χ0) is 17.1. The highest BCUT2D eigenvalue weighted by molar-refractivity contribution is 6.30. The van der Waals surface area contributed by atoms with Crippen LogP contribution in [0.4, 0.5) is 11.6 Å². The SMILES string of the molecule is Cc1cc(C(=O)N2CCOCC2)nc(Nc2ccc(Cl)cc2C)n1. The summed E-state index contributed by atoms with van der Waals surface area (Å²) in [5.74, 6) is 0.303. The van der Waals surface area contributed by atoms with Crippen molar-refractivity contribution in [2.45, 2.75) is 13.8 Å². The molecule has 1 aromatic heterocycles. The number of halogens is 1. The van der Waals surface area contributed by atoms with E-state index in [4.69, 9.17) is 16.3 Å². The minimum atomic E-state index is -0.0975. The van der Waals surface area contributed by atoms with E-state index < -0.39 is 0 Å². The first-order valence-corrected chi connectivity index (χ1v) is 8.16. The van der Waals surface area contributed by atoms with Gasteiger partial charge in [0.15, 0.2) is 0 Å². The van der Waals surface area contributed by atoms with Crippen molar-refractivity contribution in [2.75, 3.05) is 31.6 Å². The van der Waals surface area contributed by atoms with Crippen LogP contribution in [-0.4, -0.2) is 47.1 Å². The normalized spacial score (nSPS) is 14.5. The number of ether oxygens (including phenoxy) is 1. The summed E-state index contributed by atoms with van der Waals surface area (Å²) in [6, 6.07) is 7.23. The zero-order valence-corrected chi connectivity index (χ0v) is 14.4. The van der Waals surface area contributed by atoms with Crippen LogP contribution in [0.5, 0.6) is 0 Å². The van der Waals surface area contributed by atoms with Crippen molar-refractivity contribution >= 4 is 29.1 Å². The lowest BCUT2D eigenvalue weighted by atomic mass is 10.2. The summed E-state index contributed by atoms with van der Waals surface area (Å²) >= 11 is 5.98. The summed E-state index contributed by atoms with van der Waals surface area (Å²) in [4.78, 5) is 23.1. The molecule has 1 aliphatic heterocycles. The van der Waals surface area contributed by atoms with Crippen molar-refractivity contribution in [3.63, 3.8) is 0 Å². The molecule has 0 unspecified atom stereocenters. The molecule has 1 N–H and O–H groups in total. The van der Waals surface area contributed by atoms with Gasteiger partial charge in [0.05, 0.1) is 13.2 Å². The van der Waals surface area contributed by atoms with E-state index in [0.29, 0.717) is 43.0 Å². The van der Waals surface area contributed by atoms with Crippen LogP contribution < -0.4 is 5.32 Å². The van der Waals surface area contributed by atoms with Crippen LogP contribution in [0.15, 0.2) is 24.3 Å². The Morgan fingerprint density at radius 2 is 1.96 bits per heavy atom. The third-order valence-corrected chi connectivity index (χ3v) is 4.04. The number of nitrogens with one attached hydrogen (secondary N) is 1. The number of benzene rings is 1. The predicted molar refractivity (Wildman–Crippen MR) is 93.0 cm³/mol. The van der Waals surface area contributed by atoms with Gasteiger partial charge in [0, 0.05) is 29.5 Å². The monoisotopic (exact) mass is 346 g/mol. The lowest BCUT2D eigenvalue weighted by molar-refractivity contribution is 0.0299. The van der Waals surface area contributed by atoms with E-state index in [2.05, 4.69) is 15.3 Å². The number of rotatable bonds is 3. The van der Waals surface area contributed by atoms with Gasteiger partial charge in [-0.1, -0.05) is 11.6 Å². The fourth-order valence-electron chi connectivity index (χ4n) is 2.55. The predicted octanol–water partition coefficient (Wildman–Crippen LogP) is 2.96. The van der Waals surface area contributed by atoms with Crippen molar-refractivity contribution < 1.29 is 9.53 Å². The Balaban J connectivity index is 1.84. The molecule has 2 heterocycles. The van der Waals surface area contributed by atoms with Crippen LogP contribution in [0.25, 0.3) is 0 Å². The minimum absolute atomic E-state index is 0.0975. The van der Waals surface area contributed by atoms with Gasteiger partial charge in [0.25, 0.3) is 5.91 Å². The Hall–Kier alpha value is -2.18. The molecular weight excluding hydrogens is 328 g/mol. The fraction of sp³-hybridized carbons (Fsp3) is 0.353. The first kappa shape index (κ1) is 16.7. The molecule has 1 saturated heterocycles. The number of morpholine rings is 1. The quantitative estimate of drug-likeness (QED) is 0.925. The molecule has 0 aliphatic carbocycles. The van der Waals surface area contributed by atoms with Crippen LogP contribution in [0.3, 0.4) is 0 Å². The summed E-state index contributed by atoms with van der Waals surface area (Å²) in [5.41, 5.74) is 2.96. The zero-order valence-electron chi connectivity index (χ0n) is 13.7. The Labute approximate surface area is 145 Å². The molecule has 1 aromatic carbocycles. The summed E-state index contributed by atoms with van der Waals surface area (Å²) < 4.78 is 5.29. The lowest BCUT2D eigenvalue weighted by Crippen LogP contribution is -2.41. The van der Waals surface area contributed by atoms with E-state index in [9.17, 15) is 4.79 Å².